The summed E-state index contributed by atoms with van der Waals surface area (Å²) in [5.74, 6) is -1.92. The number of anilines is 1. The molecule has 11 nitrogen and oxygen atoms in total. The van der Waals surface area contributed by atoms with E-state index < -0.39 is 34.6 Å². The van der Waals surface area contributed by atoms with Gasteiger partial charge in [0.15, 0.2) is 5.69 Å². The van der Waals surface area contributed by atoms with E-state index in [0.29, 0.717) is 4.68 Å². The molecule has 0 unspecified atom stereocenters. The molecule has 0 aliphatic carbocycles. The number of carbonyl (C=O) groups is 2. The fourth-order valence-corrected chi connectivity index (χ4v) is 2.72. The molecule has 148 valence electrons. The van der Waals surface area contributed by atoms with Crippen LogP contribution in [0.25, 0.3) is 10.8 Å². The lowest BCUT2D eigenvalue weighted by Crippen LogP contribution is -2.31. The Morgan fingerprint density at radius 1 is 1.24 bits per heavy atom. The molecule has 2 N–H and O–H groups in total. The van der Waals surface area contributed by atoms with E-state index in [9.17, 15) is 29.6 Å². The number of hydrogen-bond acceptors (Lipinski definition) is 7. The molecule has 0 fully saturated rings. The first-order chi connectivity index (χ1) is 13.8. The highest BCUT2D eigenvalue weighted by Crippen LogP contribution is 2.28. The van der Waals surface area contributed by atoms with E-state index in [4.69, 9.17) is 4.74 Å². The van der Waals surface area contributed by atoms with Crippen LogP contribution in [0.2, 0.25) is 0 Å². The zero-order valence-corrected chi connectivity index (χ0v) is 15.0. The van der Waals surface area contributed by atoms with Crippen molar-refractivity contribution in [2.45, 2.75) is 6.54 Å². The van der Waals surface area contributed by atoms with E-state index in [1.807, 2.05) is 0 Å². The lowest BCUT2D eigenvalue weighted by Gasteiger charge is -2.10. The van der Waals surface area contributed by atoms with Crippen LogP contribution in [0, 0.1) is 10.1 Å². The van der Waals surface area contributed by atoms with Gasteiger partial charge in [-0.15, -0.1) is 0 Å². The van der Waals surface area contributed by atoms with Crippen molar-refractivity contribution in [2.75, 3.05) is 12.4 Å². The van der Waals surface area contributed by atoms with Crippen LogP contribution < -0.4 is 15.6 Å². The Morgan fingerprint density at radius 2 is 1.93 bits per heavy atom. The maximum Gasteiger partial charge on any atom is 0.357 e. The predicted octanol–water partition coefficient (Wildman–Crippen LogP) is 1.65. The average Bonchev–Trinajstić information content (AvgIpc) is 2.70. The van der Waals surface area contributed by atoms with Gasteiger partial charge in [-0.2, -0.15) is 5.10 Å². The van der Waals surface area contributed by atoms with Crippen molar-refractivity contribution in [3.8, 4) is 5.75 Å². The Kier molecular flexibility index (Phi) is 5.21. The molecule has 0 aliphatic rings. The summed E-state index contributed by atoms with van der Waals surface area (Å²) in [7, 11) is 1.34. The topological polar surface area (TPSA) is 154 Å². The van der Waals surface area contributed by atoms with Crippen molar-refractivity contribution < 1.29 is 24.4 Å². The maximum absolute atomic E-state index is 12.6. The van der Waals surface area contributed by atoms with Crippen LogP contribution >= 0.6 is 0 Å². The summed E-state index contributed by atoms with van der Waals surface area (Å²) in [6.07, 6.45) is 0. The van der Waals surface area contributed by atoms with Gasteiger partial charge in [-0.05, 0) is 18.2 Å². The van der Waals surface area contributed by atoms with Gasteiger partial charge >= 0.3 is 5.97 Å². The minimum atomic E-state index is -1.36. The predicted molar refractivity (Wildman–Crippen MR) is 101 cm³/mol. The van der Waals surface area contributed by atoms with Gasteiger partial charge in [-0.1, -0.05) is 18.2 Å². The molecule has 0 saturated carbocycles. The zero-order valence-electron chi connectivity index (χ0n) is 15.0. The number of nitrogens with one attached hydrogen (secondary N) is 1. The lowest BCUT2D eigenvalue weighted by atomic mass is 10.1. The lowest BCUT2D eigenvalue weighted by molar-refractivity contribution is -0.384. The Bertz CT molecular complexity index is 1200. The van der Waals surface area contributed by atoms with Crippen molar-refractivity contribution in [1.29, 1.82) is 0 Å². The number of amides is 1. The highest BCUT2D eigenvalue weighted by molar-refractivity contribution is 6.01. The van der Waals surface area contributed by atoms with Crippen LogP contribution in [-0.4, -0.2) is 38.8 Å². The molecular weight excluding hydrogens is 384 g/mol. The highest BCUT2D eigenvalue weighted by atomic mass is 16.6. The molecule has 0 bridgehead atoms. The maximum atomic E-state index is 12.6. The van der Waals surface area contributed by atoms with E-state index in [1.165, 1.54) is 31.4 Å². The Labute approximate surface area is 162 Å². The van der Waals surface area contributed by atoms with E-state index in [-0.39, 0.29) is 27.9 Å². The number of carbonyl (C=O) groups excluding carboxylic acids is 1. The molecule has 0 saturated heterocycles. The second kappa shape index (κ2) is 7.76. The first-order valence-corrected chi connectivity index (χ1v) is 8.17. The largest absolute Gasteiger partial charge is 0.496 e. The number of nitro groups is 1. The number of hydrogen-bond donors (Lipinski definition) is 2. The number of methoxy groups -OCH3 is 1. The van der Waals surface area contributed by atoms with Crippen LogP contribution in [0.3, 0.4) is 0 Å². The monoisotopic (exact) mass is 398 g/mol. The van der Waals surface area contributed by atoms with E-state index in [0.717, 1.165) is 6.07 Å². The number of rotatable bonds is 6. The van der Waals surface area contributed by atoms with Crippen LogP contribution in [0.5, 0.6) is 5.75 Å². The Hall–Kier alpha value is -4.28. The number of nitro benzene ring substituents is 1. The van der Waals surface area contributed by atoms with E-state index in [2.05, 4.69) is 10.4 Å². The van der Waals surface area contributed by atoms with Crippen molar-refractivity contribution >= 4 is 34.0 Å². The summed E-state index contributed by atoms with van der Waals surface area (Å²) >= 11 is 0. The number of fused-ring (bicyclic) bond motifs is 1. The number of aromatic carboxylic acids is 1. The summed E-state index contributed by atoms with van der Waals surface area (Å²) in [5.41, 5.74) is -1.55. The molecule has 0 aliphatic heterocycles. The number of carboxylic acid groups (broad SMARTS) is 1. The zero-order chi connectivity index (χ0) is 21.1. The molecule has 29 heavy (non-hydrogen) atoms. The summed E-state index contributed by atoms with van der Waals surface area (Å²) in [6, 6.07) is 9.83. The normalized spacial score (nSPS) is 10.5. The molecule has 2 aromatic carbocycles. The number of aromatic nitrogens is 2. The van der Waals surface area contributed by atoms with Gasteiger partial charge in [0, 0.05) is 5.39 Å². The third kappa shape index (κ3) is 3.88. The van der Waals surface area contributed by atoms with Gasteiger partial charge < -0.3 is 15.2 Å². The second-order valence-corrected chi connectivity index (χ2v) is 5.85. The third-order valence-electron chi connectivity index (χ3n) is 4.04. The molecule has 1 aromatic heterocycles. The van der Waals surface area contributed by atoms with Crippen LogP contribution in [0.15, 0.2) is 47.3 Å². The molecule has 11 heteroatoms. The first-order valence-electron chi connectivity index (χ1n) is 8.17. The molecule has 1 amide bonds. The molecule has 0 atom stereocenters. The number of carboxylic acids is 1. The van der Waals surface area contributed by atoms with Crippen molar-refractivity contribution in [2.24, 2.45) is 0 Å². The van der Waals surface area contributed by atoms with Crippen molar-refractivity contribution in [1.82, 2.24) is 9.78 Å². The number of nitrogens with zero attached hydrogens (tertiary/aromatic N) is 3. The van der Waals surface area contributed by atoms with Crippen LogP contribution in [-0.2, 0) is 11.3 Å². The van der Waals surface area contributed by atoms with Gasteiger partial charge in [0.05, 0.1) is 23.5 Å². The smallest absolute Gasteiger partial charge is 0.357 e. The van der Waals surface area contributed by atoms with Crippen LogP contribution in [0.4, 0.5) is 11.4 Å². The van der Waals surface area contributed by atoms with Gasteiger partial charge in [0.2, 0.25) is 5.91 Å². The minimum Gasteiger partial charge on any atom is -0.496 e. The second-order valence-electron chi connectivity index (χ2n) is 5.85. The number of benzene rings is 2. The molecule has 0 radical (unpaired) electrons. The van der Waals surface area contributed by atoms with Gasteiger partial charge in [0.25, 0.3) is 11.2 Å². The molecular formula is C18H14N4O7. The standard InChI is InChI=1S/C18H14N4O7/c1-29-10-6-7-13(14(8-10)22(27)28)19-15(23)9-21-17(24)12-5-3-2-4-11(12)16(20-21)18(25)26/h2-8H,9H2,1H3,(H,19,23)(H,25,26). The van der Waals surface area contributed by atoms with Crippen molar-refractivity contribution in [3.63, 3.8) is 0 Å². The third-order valence-corrected chi connectivity index (χ3v) is 4.04. The summed E-state index contributed by atoms with van der Waals surface area (Å²) in [4.78, 5) is 46.9. The minimum absolute atomic E-state index is 0.0862. The SMILES string of the molecule is COc1ccc(NC(=O)Cn2nc(C(=O)O)c3ccccc3c2=O)c([N+](=O)[O-])c1. The molecule has 3 rings (SSSR count). The molecule has 1 heterocycles. The Balaban J connectivity index is 1.95. The molecule has 0 spiro atoms. The highest BCUT2D eigenvalue weighted by Gasteiger charge is 2.20. The van der Waals surface area contributed by atoms with Gasteiger partial charge in [0.1, 0.15) is 18.0 Å². The first kappa shape index (κ1) is 19.5. The quantitative estimate of drug-likeness (QED) is 0.469. The fourth-order valence-electron chi connectivity index (χ4n) is 2.72. The van der Waals surface area contributed by atoms with Crippen molar-refractivity contribution in [3.05, 3.63) is 68.6 Å². The van der Waals surface area contributed by atoms with Gasteiger partial charge in [-0.3, -0.25) is 19.7 Å². The van der Waals surface area contributed by atoms with E-state index in [1.54, 1.807) is 12.1 Å². The van der Waals surface area contributed by atoms with E-state index >= 15 is 0 Å². The summed E-state index contributed by atoms with van der Waals surface area (Å²) < 4.78 is 5.63. The Morgan fingerprint density at radius 3 is 2.55 bits per heavy atom. The van der Waals surface area contributed by atoms with Gasteiger partial charge in [-0.25, -0.2) is 9.48 Å². The summed E-state index contributed by atoms with van der Waals surface area (Å²) in [6.45, 7) is -0.632. The number of ether oxygens (including phenoxy) is 1. The van der Waals surface area contributed by atoms with Crippen LogP contribution in [0.1, 0.15) is 10.5 Å². The fraction of sp³-hybridized carbons (Fsp3) is 0.111. The molecule has 3 aromatic rings. The average molecular weight is 398 g/mol. The summed E-state index contributed by atoms with van der Waals surface area (Å²) in [5, 5.41) is 26.9.